The number of carbonyl (C=O) groups is 1. The number of aromatic nitrogens is 2. The molecule has 0 amide bonds. The first kappa shape index (κ1) is 19.2. The Morgan fingerprint density at radius 2 is 2.19 bits per heavy atom. The number of nitrogens with zero attached hydrogens (tertiary/aromatic N) is 1. The highest BCUT2D eigenvalue weighted by Crippen LogP contribution is 2.57. The molecule has 1 aromatic heterocycles. The molecule has 2 heterocycles. The van der Waals surface area contributed by atoms with E-state index in [0.29, 0.717) is 24.2 Å². The van der Waals surface area contributed by atoms with E-state index in [0.717, 1.165) is 0 Å². The third kappa shape index (κ3) is 3.79. The molecule has 2 N–H and O–H groups in total. The Labute approximate surface area is 153 Å². The van der Waals surface area contributed by atoms with Crippen LogP contribution >= 0.6 is 7.60 Å². The Hall–Kier alpha value is -2.52. The number of hydrogen-bond donors (Lipinski definition) is 2. The zero-order valence-electron chi connectivity index (χ0n) is 14.9. The molecular formula is C15H19N2O9P. The third-order valence-corrected chi connectivity index (χ3v) is 4.88. The van der Waals surface area contributed by atoms with Crippen LogP contribution in [0.4, 0.5) is 4.79 Å². The SMILES string of the molecule is Cc1cn(C23CCC(OCP(=O)(O)OC(=O)OC(C)C)=C2O3)c(=O)[nH]c1=O. The quantitative estimate of drug-likeness (QED) is 0.407. The van der Waals surface area contributed by atoms with E-state index in [1.54, 1.807) is 20.8 Å². The summed E-state index contributed by atoms with van der Waals surface area (Å²) in [5.74, 6) is 0.613. The van der Waals surface area contributed by atoms with Crippen LogP contribution in [0.3, 0.4) is 0 Å². The van der Waals surface area contributed by atoms with Crippen molar-refractivity contribution in [2.24, 2.45) is 0 Å². The van der Waals surface area contributed by atoms with E-state index >= 15 is 0 Å². The molecule has 1 saturated heterocycles. The molecule has 1 aromatic rings. The molecule has 1 aliphatic carbocycles. The minimum absolute atomic E-state index is 0.279. The summed E-state index contributed by atoms with van der Waals surface area (Å²) in [5.41, 5.74) is -1.84. The van der Waals surface area contributed by atoms with Crippen LogP contribution in [0.15, 0.2) is 27.3 Å². The fourth-order valence-electron chi connectivity index (χ4n) is 2.75. The summed E-state index contributed by atoms with van der Waals surface area (Å²) in [7, 11) is -4.39. The van der Waals surface area contributed by atoms with Crippen LogP contribution in [0.5, 0.6) is 0 Å². The number of H-pyrrole nitrogens is 1. The van der Waals surface area contributed by atoms with Gasteiger partial charge in [-0.2, -0.15) is 0 Å². The molecule has 27 heavy (non-hydrogen) atoms. The molecule has 2 atom stereocenters. The number of nitrogens with one attached hydrogen (secondary N) is 1. The minimum Gasteiger partial charge on any atom is -0.480 e. The van der Waals surface area contributed by atoms with Crippen LogP contribution in [-0.4, -0.2) is 33.1 Å². The molecular weight excluding hydrogens is 383 g/mol. The zero-order chi connectivity index (χ0) is 20.0. The standard InChI is InChI=1S/C15H19N2O9P/c1-8(2)24-14(20)26-27(21,22)7-23-10-4-5-15(11(10)25-15)17-6-9(3)12(18)16-13(17)19/h6,8H,4-5,7H2,1-3H3,(H,21,22)(H,16,18,19). The molecule has 0 spiro atoms. The summed E-state index contributed by atoms with van der Waals surface area (Å²) in [5, 5.41) is 0. The molecule has 2 unspecified atom stereocenters. The molecule has 3 rings (SSSR count). The number of fused-ring (bicyclic) bond motifs is 1. The number of epoxide rings is 1. The monoisotopic (exact) mass is 402 g/mol. The highest BCUT2D eigenvalue weighted by atomic mass is 31.2. The molecule has 1 aliphatic heterocycles. The first-order chi connectivity index (χ1) is 12.5. The Bertz CT molecular complexity index is 976. The van der Waals surface area contributed by atoms with Gasteiger partial charge in [0.15, 0.2) is 6.35 Å². The van der Waals surface area contributed by atoms with E-state index < -0.39 is 43.2 Å². The average Bonchev–Trinajstić information content (AvgIpc) is 3.15. The molecule has 0 radical (unpaired) electrons. The maximum absolute atomic E-state index is 12.1. The topological polar surface area (TPSA) is 149 Å². The lowest BCUT2D eigenvalue weighted by molar-refractivity contribution is 0.0665. The summed E-state index contributed by atoms with van der Waals surface area (Å²) in [6.45, 7) is 4.68. The van der Waals surface area contributed by atoms with E-state index in [2.05, 4.69) is 14.2 Å². The highest BCUT2D eigenvalue weighted by molar-refractivity contribution is 7.53. The van der Waals surface area contributed by atoms with Gasteiger partial charge < -0.3 is 23.6 Å². The fraction of sp³-hybridized carbons (Fsp3) is 0.533. The molecule has 11 nitrogen and oxygen atoms in total. The van der Waals surface area contributed by atoms with Gasteiger partial charge in [-0.1, -0.05) is 0 Å². The van der Waals surface area contributed by atoms with Gasteiger partial charge in [0.1, 0.15) is 5.76 Å². The van der Waals surface area contributed by atoms with Crippen molar-refractivity contribution in [3.63, 3.8) is 0 Å². The molecule has 1 fully saturated rings. The van der Waals surface area contributed by atoms with Crippen molar-refractivity contribution >= 4 is 13.8 Å². The molecule has 2 aliphatic rings. The first-order valence-corrected chi connectivity index (χ1v) is 9.91. The van der Waals surface area contributed by atoms with Crippen LogP contribution in [0.25, 0.3) is 0 Å². The number of carbonyl (C=O) groups excluding carboxylic acids is 1. The number of ether oxygens (including phenoxy) is 3. The van der Waals surface area contributed by atoms with Crippen molar-refractivity contribution in [2.75, 3.05) is 6.35 Å². The highest BCUT2D eigenvalue weighted by Gasteiger charge is 2.62. The first-order valence-electron chi connectivity index (χ1n) is 8.14. The lowest BCUT2D eigenvalue weighted by Gasteiger charge is -2.14. The number of aromatic amines is 1. The van der Waals surface area contributed by atoms with Crippen LogP contribution in [0, 0.1) is 6.92 Å². The van der Waals surface area contributed by atoms with Gasteiger partial charge in [-0.25, -0.2) is 14.2 Å². The predicted octanol–water partition coefficient (Wildman–Crippen LogP) is 1.25. The number of rotatable bonds is 6. The maximum Gasteiger partial charge on any atom is 0.515 e. The van der Waals surface area contributed by atoms with Crippen LogP contribution in [-0.2, 0) is 29.0 Å². The summed E-state index contributed by atoms with van der Waals surface area (Å²) in [6.07, 6.45) is -0.462. The van der Waals surface area contributed by atoms with E-state index in [4.69, 9.17) is 9.47 Å². The molecule has 0 bridgehead atoms. The van der Waals surface area contributed by atoms with Gasteiger partial charge in [0, 0.05) is 24.6 Å². The van der Waals surface area contributed by atoms with Crippen molar-refractivity contribution < 1.29 is 33.0 Å². The number of hydrogen-bond acceptors (Lipinski definition) is 8. The molecule has 0 saturated carbocycles. The number of aryl methyl sites for hydroxylation is 1. The summed E-state index contributed by atoms with van der Waals surface area (Å²) < 4.78 is 33.0. The molecule has 0 aromatic carbocycles. The summed E-state index contributed by atoms with van der Waals surface area (Å²) in [4.78, 5) is 46.8. The maximum atomic E-state index is 12.1. The van der Waals surface area contributed by atoms with Gasteiger partial charge in [0.05, 0.1) is 6.10 Å². The Balaban J connectivity index is 1.70. The van der Waals surface area contributed by atoms with Crippen molar-refractivity contribution in [2.45, 2.75) is 45.4 Å². The average molecular weight is 402 g/mol. The van der Waals surface area contributed by atoms with Crippen LogP contribution in [0.2, 0.25) is 0 Å². The third-order valence-electron chi connectivity index (χ3n) is 3.99. The predicted molar refractivity (Wildman–Crippen MR) is 89.9 cm³/mol. The second kappa shape index (κ2) is 6.58. The van der Waals surface area contributed by atoms with E-state index in [1.807, 2.05) is 0 Å². The van der Waals surface area contributed by atoms with Gasteiger partial charge in [-0.3, -0.25) is 14.3 Å². The Kier molecular flexibility index (Phi) is 4.69. The smallest absolute Gasteiger partial charge is 0.480 e. The van der Waals surface area contributed by atoms with Crippen LogP contribution in [0.1, 0.15) is 32.3 Å². The van der Waals surface area contributed by atoms with Gasteiger partial charge in [0.25, 0.3) is 11.3 Å². The molecule has 148 valence electrons. The number of allylic oxidation sites excluding steroid dienone is 1. The van der Waals surface area contributed by atoms with Crippen molar-refractivity contribution in [3.8, 4) is 0 Å². The second-order valence-corrected chi connectivity index (χ2v) is 8.21. The van der Waals surface area contributed by atoms with Crippen molar-refractivity contribution in [1.29, 1.82) is 0 Å². The van der Waals surface area contributed by atoms with Gasteiger partial charge in [-0.05, 0) is 20.8 Å². The lowest BCUT2D eigenvalue weighted by Crippen LogP contribution is -2.36. The molecule has 12 heteroatoms. The minimum atomic E-state index is -4.39. The largest absolute Gasteiger partial charge is 0.515 e. The van der Waals surface area contributed by atoms with E-state index in [-0.39, 0.29) is 5.76 Å². The summed E-state index contributed by atoms with van der Waals surface area (Å²) in [6, 6.07) is 0. The van der Waals surface area contributed by atoms with Crippen molar-refractivity contribution in [3.05, 3.63) is 44.1 Å². The van der Waals surface area contributed by atoms with Gasteiger partial charge in [-0.15, -0.1) is 0 Å². The van der Waals surface area contributed by atoms with Gasteiger partial charge in [0.2, 0.25) is 5.76 Å². The second-order valence-electron chi connectivity index (χ2n) is 6.50. The zero-order valence-corrected chi connectivity index (χ0v) is 15.8. The van der Waals surface area contributed by atoms with E-state index in [1.165, 1.54) is 10.8 Å². The van der Waals surface area contributed by atoms with Gasteiger partial charge >= 0.3 is 19.4 Å². The fourth-order valence-corrected chi connectivity index (χ4v) is 3.39. The van der Waals surface area contributed by atoms with E-state index in [9.17, 15) is 23.8 Å². The Morgan fingerprint density at radius 3 is 2.81 bits per heavy atom. The summed E-state index contributed by atoms with van der Waals surface area (Å²) >= 11 is 0. The lowest BCUT2D eigenvalue weighted by atomic mass is 10.2. The van der Waals surface area contributed by atoms with Crippen molar-refractivity contribution in [1.82, 2.24) is 9.55 Å². The van der Waals surface area contributed by atoms with Crippen LogP contribution < -0.4 is 11.2 Å². The normalized spacial score (nSPS) is 22.7. The Morgan fingerprint density at radius 1 is 1.48 bits per heavy atom.